The van der Waals surface area contributed by atoms with E-state index >= 15 is 0 Å². The molecule has 1 N–H and O–H groups in total. The van der Waals surface area contributed by atoms with Crippen molar-refractivity contribution in [3.05, 3.63) is 31.0 Å². The number of aromatic nitrogens is 4. The van der Waals surface area contributed by atoms with Gasteiger partial charge in [0.1, 0.15) is 12.7 Å². The number of amides is 1. The molecule has 1 aliphatic carbocycles. The first-order valence-corrected chi connectivity index (χ1v) is 7.93. The summed E-state index contributed by atoms with van der Waals surface area (Å²) in [6, 6.07) is 3.64. The molecule has 2 aromatic rings. The predicted molar refractivity (Wildman–Crippen MR) is 83.6 cm³/mol. The largest absolute Gasteiger partial charge is 0.323 e. The van der Waals surface area contributed by atoms with E-state index < -0.39 is 0 Å². The van der Waals surface area contributed by atoms with E-state index in [1.54, 1.807) is 23.3 Å². The summed E-state index contributed by atoms with van der Waals surface area (Å²) in [5.41, 5.74) is 0.668. The number of nitrogens with zero attached hydrogens (tertiary/aromatic N) is 4. The van der Waals surface area contributed by atoms with Crippen LogP contribution in [0.15, 0.2) is 31.0 Å². The summed E-state index contributed by atoms with van der Waals surface area (Å²) in [5, 5.41) is 7.01. The maximum atomic E-state index is 12.2. The zero-order valence-electron chi connectivity index (χ0n) is 12.6. The van der Waals surface area contributed by atoms with Crippen molar-refractivity contribution in [3.63, 3.8) is 0 Å². The molecule has 0 spiro atoms. The minimum Gasteiger partial charge on any atom is -0.323 e. The van der Waals surface area contributed by atoms with Crippen molar-refractivity contribution in [2.45, 2.75) is 44.9 Å². The first-order valence-electron chi connectivity index (χ1n) is 7.93. The highest BCUT2D eigenvalue weighted by Crippen LogP contribution is 2.27. The quantitative estimate of drug-likeness (QED) is 0.921. The number of pyridine rings is 1. The summed E-state index contributed by atoms with van der Waals surface area (Å²) in [7, 11) is 0. The second-order valence-electron chi connectivity index (χ2n) is 5.81. The topological polar surface area (TPSA) is 72.7 Å². The number of carbonyl (C=O) groups excluding carboxylic acids is 1. The molecule has 1 amide bonds. The van der Waals surface area contributed by atoms with Gasteiger partial charge in [0.25, 0.3) is 0 Å². The fourth-order valence-electron chi connectivity index (χ4n) is 3.02. The smallest absolute Gasteiger partial charge is 0.224 e. The first kappa shape index (κ1) is 14.7. The van der Waals surface area contributed by atoms with Crippen LogP contribution in [0.3, 0.4) is 0 Å². The first-order chi connectivity index (χ1) is 10.8. The molecule has 22 heavy (non-hydrogen) atoms. The van der Waals surface area contributed by atoms with Gasteiger partial charge in [-0.15, -0.1) is 0 Å². The summed E-state index contributed by atoms with van der Waals surface area (Å²) in [5.74, 6) is 1.34. The molecule has 1 fully saturated rings. The molecule has 0 saturated heterocycles. The highest BCUT2D eigenvalue weighted by atomic mass is 16.1. The summed E-state index contributed by atoms with van der Waals surface area (Å²) in [6.07, 6.45) is 12.7. The predicted octanol–water partition coefficient (Wildman–Crippen LogP) is 2.96. The summed E-state index contributed by atoms with van der Waals surface area (Å²) < 4.78 is 1.55. The van der Waals surface area contributed by atoms with Gasteiger partial charge < -0.3 is 5.32 Å². The lowest BCUT2D eigenvalue weighted by atomic mass is 9.86. The van der Waals surface area contributed by atoms with Crippen molar-refractivity contribution in [2.75, 3.05) is 5.32 Å². The molecule has 0 aliphatic heterocycles. The number of anilines is 1. The van der Waals surface area contributed by atoms with Gasteiger partial charge in [0.15, 0.2) is 5.82 Å². The van der Waals surface area contributed by atoms with E-state index in [4.69, 9.17) is 0 Å². The molecule has 2 aromatic heterocycles. The van der Waals surface area contributed by atoms with E-state index in [2.05, 4.69) is 20.4 Å². The van der Waals surface area contributed by atoms with Crippen molar-refractivity contribution in [1.82, 2.24) is 19.7 Å². The average Bonchev–Trinajstić information content (AvgIpc) is 3.09. The molecule has 0 aromatic carbocycles. The monoisotopic (exact) mass is 299 g/mol. The number of hydrogen-bond acceptors (Lipinski definition) is 4. The second-order valence-corrected chi connectivity index (χ2v) is 5.81. The molecule has 0 bridgehead atoms. The SMILES string of the molecule is O=C(CCC1CCCCC1)Nc1cccnc1-n1cncn1. The fraction of sp³-hybridized carbons (Fsp3) is 0.500. The van der Waals surface area contributed by atoms with Crippen LogP contribution in [0.1, 0.15) is 44.9 Å². The van der Waals surface area contributed by atoms with Crippen LogP contribution >= 0.6 is 0 Å². The third kappa shape index (κ3) is 3.69. The molecule has 1 aliphatic rings. The van der Waals surface area contributed by atoms with Crippen molar-refractivity contribution < 1.29 is 4.79 Å². The highest BCUT2D eigenvalue weighted by Gasteiger charge is 2.16. The standard InChI is InChI=1S/C16H21N5O/c22-15(9-8-13-5-2-1-3-6-13)20-14-7-4-10-18-16(14)21-12-17-11-19-21/h4,7,10-13H,1-3,5-6,8-9H2,(H,20,22). The van der Waals surface area contributed by atoms with Crippen molar-refractivity contribution in [3.8, 4) is 5.82 Å². The van der Waals surface area contributed by atoms with E-state index in [-0.39, 0.29) is 5.91 Å². The van der Waals surface area contributed by atoms with Crippen LogP contribution in [0.5, 0.6) is 0 Å². The molecular weight excluding hydrogens is 278 g/mol. The maximum absolute atomic E-state index is 12.2. The van der Waals surface area contributed by atoms with Gasteiger partial charge in [0.2, 0.25) is 5.91 Å². The van der Waals surface area contributed by atoms with E-state index in [1.165, 1.54) is 38.4 Å². The van der Waals surface area contributed by atoms with Crippen LogP contribution in [0, 0.1) is 5.92 Å². The van der Waals surface area contributed by atoms with Crippen LogP contribution in [0.25, 0.3) is 5.82 Å². The lowest BCUT2D eigenvalue weighted by molar-refractivity contribution is -0.116. The Labute approximate surface area is 130 Å². The van der Waals surface area contributed by atoms with Gasteiger partial charge in [0.05, 0.1) is 5.69 Å². The molecular formula is C16H21N5O. The van der Waals surface area contributed by atoms with Crippen LogP contribution in [-0.2, 0) is 4.79 Å². The third-order valence-electron chi connectivity index (χ3n) is 4.20. The van der Waals surface area contributed by atoms with Crippen LogP contribution in [0.4, 0.5) is 5.69 Å². The molecule has 0 radical (unpaired) electrons. The van der Waals surface area contributed by atoms with Gasteiger partial charge in [-0.3, -0.25) is 4.79 Å². The minimum atomic E-state index is 0.0416. The number of nitrogens with one attached hydrogen (secondary N) is 1. The zero-order chi connectivity index (χ0) is 15.2. The number of carbonyl (C=O) groups is 1. The van der Waals surface area contributed by atoms with Gasteiger partial charge in [-0.05, 0) is 24.5 Å². The van der Waals surface area contributed by atoms with Crippen molar-refractivity contribution >= 4 is 11.6 Å². The fourth-order valence-corrected chi connectivity index (χ4v) is 3.02. The van der Waals surface area contributed by atoms with E-state index in [1.807, 2.05) is 6.07 Å². The third-order valence-corrected chi connectivity index (χ3v) is 4.20. The van der Waals surface area contributed by atoms with Gasteiger partial charge in [-0.1, -0.05) is 32.1 Å². The average molecular weight is 299 g/mol. The van der Waals surface area contributed by atoms with E-state index in [0.717, 1.165) is 6.42 Å². The lowest BCUT2D eigenvalue weighted by Crippen LogP contribution is -2.16. The molecule has 3 rings (SSSR count). The van der Waals surface area contributed by atoms with Gasteiger partial charge in [0, 0.05) is 12.6 Å². The molecule has 1 saturated carbocycles. The Morgan fingerprint density at radius 2 is 2.18 bits per heavy atom. The van der Waals surface area contributed by atoms with Crippen LogP contribution in [0.2, 0.25) is 0 Å². The Morgan fingerprint density at radius 1 is 1.32 bits per heavy atom. The maximum Gasteiger partial charge on any atom is 0.224 e. The van der Waals surface area contributed by atoms with Crippen LogP contribution in [-0.4, -0.2) is 25.7 Å². The van der Waals surface area contributed by atoms with Gasteiger partial charge >= 0.3 is 0 Å². The van der Waals surface area contributed by atoms with Gasteiger partial charge in [-0.2, -0.15) is 5.10 Å². The Morgan fingerprint density at radius 3 is 2.95 bits per heavy atom. The molecule has 2 heterocycles. The molecule has 6 heteroatoms. The Hall–Kier alpha value is -2.24. The Kier molecular flexibility index (Phi) is 4.78. The van der Waals surface area contributed by atoms with Gasteiger partial charge in [-0.25, -0.2) is 14.6 Å². The van der Waals surface area contributed by atoms with Crippen LogP contribution < -0.4 is 5.32 Å². The van der Waals surface area contributed by atoms with E-state index in [9.17, 15) is 4.79 Å². The molecule has 0 atom stereocenters. The minimum absolute atomic E-state index is 0.0416. The second kappa shape index (κ2) is 7.15. The van der Waals surface area contributed by atoms with E-state index in [0.29, 0.717) is 23.8 Å². The summed E-state index contributed by atoms with van der Waals surface area (Å²) in [6.45, 7) is 0. The number of rotatable bonds is 5. The lowest BCUT2D eigenvalue weighted by Gasteiger charge is -2.21. The molecule has 116 valence electrons. The molecule has 0 unspecified atom stereocenters. The number of hydrogen-bond donors (Lipinski definition) is 1. The normalized spacial score (nSPS) is 15.6. The zero-order valence-corrected chi connectivity index (χ0v) is 12.6. The highest BCUT2D eigenvalue weighted by molar-refractivity contribution is 5.92. The Bertz CT molecular complexity index is 605. The molecule has 6 nitrogen and oxygen atoms in total. The van der Waals surface area contributed by atoms with Crippen molar-refractivity contribution in [1.29, 1.82) is 0 Å². The summed E-state index contributed by atoms with van der Waals surface area (Å²) >= 11 is 0. The van der Waals surface area contributed by atoms with Crippen molar-refractivity contribution in [2.24, 2.45) is 5.92 Å². The summed E-state index contributed by atoms with van der Waals surface area (Å²) in [4.78, 5) is 20.4. The Balaban J connectivity index is 1.59.